The molecule has 1 aromatic carbocycles. The van der Waals surface area contributed by atoms with Gasteiger partial charge in [0.05, 0.1) is 5.56 Å². The maximum absolute atomic E-state index is 12.8. The molecule has 0 aliphatic carbocycles. The summed E-state index contributed by atoms with van der Waals surface area (Å²) in [6.07, 6.45) is 0.525. The van der Waals surface area contributed by atoms with Crippen LogP contribution in [0.1, 0.15) is 39.3 Å². The minimum absolute atomic E-state index is 0.0794. The second-order valence-electron chi connectivity index (χ2n) is 5.65. The van der Waals surface area contributed by atoms with E-state index >= 15 is 0 Å². The summed E-state index contributed by atoms with van der Waals surface area (Å²) in [6, 6.07) is 8.73. The van der Waals surface area contributed by atoms with E-state index in [9.17, 15) is 18.3 Å². The lowest BCUT2D eigenvalue weighted by molar-refractivity contribution is 0.0692. The van der Waals surface area contributed by atoms with Gasteiger partial charge in [-0.15, -0.1) is 11.3 Å². The van der Waals surface area contributed by atoms with E-state index in [0.29, 0.717) is 25.1 Å². The van der Waals surface area contributed by atoms with E-state index in [-0.39, 0.29) is 9.77 Å². The second kappa shape index (κ2) is 6.64. The molecule has 0 amide bonds. The number of nitrogens with one attached hydrogen (secondary N) is 2. The summed E-state index contributed by atoms with van der Waals surface area (Å²) in [6.45, 7) is 2.89. The minimum Gasteiger partial charge on any atom is -0.478 e. The molecule has 0 saturated carbocycles. The zero-order valence-corrected chi connectivity index (χ0v) is 14.7. The predicted octanol–water partition coefficient (Wildman–Crippen LogP) is 2.13. The van der Waals surface area contributed by atoms with Gasteiger partial charge in [0, 0.05) is 17.5 Å². The maximum Gasteiger partial charge on any atom is 0.338 e. The lowest BCUT2D eigenvalue weighted by Crippen LogP contribution is -2.28. The Morgan fingerprint density at radius 3 is 2.71 bits per heavy atom. The number of hydrogen-bond acceptors (Lipinski definition) is 5. The van der Waals surface area contributed by atoms with Crippen LogP contribution in [0.3, 0.4) is 0 Å². The van der Waals surface area contributed by atoms with Crippen LogP contribution in [-0.4, -0.2) is 26.0 Å². The molecule has 1 aliphatic heterocycles. The molecule has 3 rings (SSSR count). The van der Waals surface area contributed by atoms with Gasteiger partial charge in [-0.05, 0) is 31.0 Å². The number of carboxylic acid groups (broad SMARTS) is 1. The van der Waals surface area contributed by atoms with Gasteiger partial charge in [0.15, 0.2) is 0 Å². The third-order valence-corrected chi connectivity index (χ3v) is 7.28. The highest BCUT2D eigenvalue weighted by Crippen LogP contribution is 2.35. The van der Waals surface area contributed by atoms with E-state index in [1.165, 1.54) is 0 Å². The first-order valence-corrected chi connectivity index (χ1v) is 9.86. The Balaban J connectivity index is 1.98. The number of sulfonamides is 1. The van der Waals surface area contributed by atoms with E-state index in [4.69, 9.17) is 0 Å². The van der Waals surface area contributed by atoms with Gasteiger partial charge in [0.1, 0.15) is 4.21 Å². The topological polar surface area (TPSA) is 95.5 Å². The molecule has 0 radical (unpaired) electrons. The van der Waals surface area contributed by atoms with Gasteiger partial charge in [0.25, 0.3) is 10.0 Å². The standard InChI is InChI=1S/C16H18N2O4S2/c1-10(11-5-3-2-4-6-11)18-24(21,22)16-14(15(19)20)12-7-8-17-9-13(12)23-16/h2-6,10,17-18H,7-9H2,1H3,(H,19,20). The van der Waals surface area contributed by atoms with Crippen LogP contribution in [0.15, 0.2) is 34.5 Å². The third kappa shape index (κ3) is 3.23. The molecule has 1 aromatic heterocycles. The largest absolute Gasteiger partial charge is 0.478 e. The third-order valence-electron chi connectivity index (χ3n) is 3.99. The molecule has 1 aliphatic rings. The first-order chi connectivity index (χ1) is 11.4. The SMILES string of the molecule is CC(NS(=O)(=O)c1sc2c(c1C(=O)O)CCNC2)c1ccccc1. The van der Waals surface area contributed by atoms with Crippen LogP contribution in [0.25, 0.3) is 0 Å². The molecule has 6 nitrogen and oxygen atoms in total. The molecule has 128 valence electrons. The van der Waals surface area contributed by atoms with Crippen LogP contribution < -0.4 is 10.0 Å². The summed E-state index contributed by atoms with van der Waals surface area (Å²) in [7, 11) is -3.92. The van der Waals surface area contributed by atoms with E-state index in [0.717, 1.165) is 21.8 Å². The van der Waals surface area contributed by atoms with Crippen molar-refractivity contribution in [1.82, 2.24) is 10.0 Å². The van der Waals surface area contributed by atoms with E-state index in [2.05, 4.69) is 10.0 Å². The molecule has 8 heteroatoms. The Kier molecular flexibility index (Phi) is 4.73. The van der Waals surface area contributed by atoms with Gasteiger partial charge < -0.3 is 10.4 Å². The molecule has 1 atom stereocenters. The smallest absolute Gasteiger partial charge is 0.338 e. The highest BCUT2D eigenvalue weighted by molar-refractivity contribution is 7.91. The summed E-state index contributed by atoms with van der Waals surface area (Å²) >= 11 is 1.04. The number of aromatic carboxylic acids is 1. The Labute approximate surface area is 144 Å². The number of carboxylic acids is 1. The average Bonchev–Trinajstić information content (AvgIpc) is 2.96. The zero-order valence-electron chi connectivity index (χ0n) is 13.1. The molecule has 1 unspecified atom stereocenters. The van der Waals surface area contributed by atoms with Gasteiger partial charge in [-0.25, -0.2) is 17.9 Å². The number of hydrogen-bond donors (Lipinski definition) is 3. The maximum atomic E-state index is 12.8. The lowest BCUT2D eigenvalue weighted by atomic mass is 10.1. The summed E-state index contributed by atoms with van der Waals surface area (Å²) in [4.78, 5) is 12.4. The molecule has 0 bridgehead atoms. The summed E-state index contributed by atoms with van der Waals surface area (Å²) in [5.74, 6) is -1.19. The summed E-state index contributed by atoms with van der Waals surface area (Å²) < 4.78 is 28.0. The number of thiophene rings is 1. The van der Waals surface area contributed by atoms with Gasteiger partial charge in [-0.2, -0.15) is 0 Å². The van der Waals surface area contributed by atoms with E-state index < -0.39 is 22.0 Å². The summed E-state index contributed by atoms with van der Waals surface area (Å²) in [5, 5.41) is 12.7. The van der Waals surface area contributed by atoms with Crippen LogP contribution in [0.4, 0.5) is 0 Å². The Bertz CT molecular complexity index is 860. The van der Waals surface area contributed by atoms with Crippen LogP contribution >= 0.6 is 11.3 Å². The summed E-state index contributed by atoms with van der Waals surface area (Å²) in [5.41, 5.74) is 1.38. The second-order valence-corrected chi connectivity index (χ2v) is 8.67. The molecular weight excluding hydrogens is 348 g/mol. The van der Waals surface area contributed by atoms with Crippen molar-refractivity contribution < 1.29 is 18.3 Å². The number of carbonyl (C=O) groups is 1. The quantitative estimate of drug-likeness (QED) is 0.753. The molecule has 0 fully saturated rings. The zero-order chi connectivity index (χ0) is 17.3. The van der Waals surface area contributed by atoms with Crippen LogP contribution in [0.2, 0.25) is 0 Å². The fourth-order valence-electron chi connectivity index (χ4n) is 2.81. The number of fused-ring (bicyclic) bond motifs is 1. The Hall–Kier alpha value is -1.74. The fraction of sp³-hybridized carbons (Fsp3) is 0.312. The fourth-order valence-corrected chi connectivity index (χ4v) is 5.92. The van der Waals surface area contributed by atoms with Crippen LogP contribution in [0, 0.1) is 0 Å². The van der Waals surface area contributed by atoms with Crippen molar-refractivity contribution in [2.45, 2.75) is 30.1 Å². The normalized spacial score (nSPS) is 15.7. The Morgan fingerprint density at radius 1 is 1.33 bits per heavy atom. The highest BCUT2D eigenvalue weighted by Gasteiger charge is 2.32. The molecule has 0 saturated heterocycles. The number of rotatable bonds is 5. The first-order valence-electron chi connectivity index (χ1n) is 7.56. The number of benzene rings is 1. The van der Waals surface area contributed by atoms with Crippen LogP contribution in [-0.2, 0) is 23.0 Å². The first kappa shape index (κ1) is 17.1. The van der Waals surface area contributed by atoms with Crippen molar-refractivity contribution in [3.63, 3.8) is 0 Å². The highest BCUT2D eigenvalue weighted by atomic mass is 32.2. The van der Waals surface area contributed by atoms with Crippen LogP contribution in [0.5, 0.6) is 0 Å². The van der Waals surface area contributed by atoms with E-state index in [1.54, 1.807) is 6.92 Å². The molecule has 2 heterocycles. The molecule has 2 aromatic rings. The Morgan fingerprint density at radius 2 is 2.04 bits per heavy atom. The average molecular weight is 366 g/mol. The molecule has 24 heavy (non-hydrogen) atoms. The van der Waals surface area contributed by atoms with Crippen molar-refractivity contribution in [1.29, 1.82) is 0 Å². The molecular formula is C16H18N2O4S2. The molecule has 0 spiro atoms. The van der Waals surface area contributed by atoms with Gasteiger partial charge in [-0.3, -0.25) is 0 Å². The van der Waals surface area contributed by atoms with Gasteiger partial charge in [-0.1, -0.05) is 30.3 Å². The van der Waals surface area contributed by atoms with Crippen molar-refractivity contribution in [3.8, 4) is 0 Å². The van der Waals surface area contributed by atoms with Crippen molar-refractivity contribution in [3.05, 3.63) is 51.9 Å². The van der Waals surface area contributed by atoms with Crippen molar-refractivity contribution in [2.24, 2.45) is 0 Å². The van der Waals surface area contributed by atoms with Crippen molar-refractivity contribution in [2.75, 3.05) is 6.54 Å². The van der Waals surface area contributed by atoms with E-state index in [1.807, 2.05) is 30.3 Å². The minimum atomic E-state index is -3.92. The predicted molar refractivity (Wildman–Crippen MR) is 91.9 cm³/mol. The molecule has 3 N–H and O–H groups in total. The van der Waals surface area contributed by atoms with Gasteiger partial charge in [0.2, 0.25) is 0 Å². The lowest BCUT2D eigenvalue weighted by Gasteiger charge is -2.14. The van der Waals surface area contributed by atoms with Crippen molar-refractivity contribution >= 4 is 27.3 Å². The monoisotopic (exact) mass is 366 g/mol. The van der Waals surface area contributed by atoms with Gasteiger partial charge >= 0.3 is 5.97 Å².